The second-order valence-corrected chi connectivity index (χ2v) is 5.16. The van der Waals surface area contributed by atoms with Crippen molar-refractivity contribution in [2.45, 2.75) is 39.2 Å². The van der Waals surface area contributed by atoms with Gasteiger partial charge in [0.15, 0.2) is 5.96 Å². The second-order valence-electron chi connectivity index (χ2n) is 5.16. The summed E-state index contributed by atoms with van der Waals surface area (Å²) in [5.41, 5.74) is 7.24. The highest BCUT2D eigenvalue weighted by Crippen LogP contribution is 2.14. The van der Waals surface area contributed by atoms with Crippen molar-refractivity contribution in [2.75, 3.05) is 19.7 Å². The molecule has 0 unspecified atom stereocenters. The van der Waals surface area contributed by atoms with Crippen molar-refractivity contribution in [3.63, 3.8) is 0 Å². The smallest absolute Gasteiger partial charge is 0.191 e. The summed E-state index contributed by atoms with van der Waals surface area (Å²) >= 11 is 0. The van der Waals surface area contributed by atoms with Crippen LogP contribution in [-0.4, -0.2) is 30.6 Å². The fourth-order valence-corrected chi connectivity index (χ4v) is 2.47. The van der Waals surface area contributed by atoms with E-state index in [2.05, 4.69) is 16.0 Å². The van der Waals surface area contributed by atoms with Crippen molar-refractivity contribution >= 4 is 5.96 Å². The molecular formula is C16H25N3O. The van der Waals surface area contributed by atoms with Gasteiger partial charge in [0.2, 0.25) is 0 Å². The van der Waals surface area contributed by atoms with E-state index in [4.69, 9.17) is 10.5 Å². The summed E-state index contributed by atoms with van der Waals surface area (Å²) in [5, 5.41) is 0. The summed E-state index contributed by atoms with van der Waals surface area (Å²) in [6.07, 6.45) is 5.05. The summed E-state index contributed by atoms with van der Waals surface area (Å²) in [4.78, 5) is 6.73. The van der Waals surface area contributed by atoms with Gasteiger partial charge in [-0.05, 0) is 37.5 Å². The minimum absolute atomic E-state index is 0.614. The minimum Gasteiger partial charge on any atom is -0.494 e. The Morgan fingerprint density at radius 3 is 2.70 bits per heavy atom. The Morgan fingerprint density at radius 2 is 2.00 bits per heavy atom. The summed E-state index contributed by atoms with van der Waals surface area (Å²) in [6, 6.07) is 8.05. The monoisotopic (exact) mass is 275 g/mol. The molecule has 0 aliphatic carbocycles. The lowest BCUT2D eigenvalue weighted by atomic mass is 10.2. The molecule has 0 amide bonds. The Bertz CT molecular complexity index is 437. The van der Waals surface area contributed by atoms with Gasteiger partial charge in [-0.15, -0.1) is 0 Å². The highest BCUT2D eigenvalue weighted by atomic mass is 16.5. The lowest BCUT2D eigenvalue weighted by molar-refractivity contribution is 0.340. The van der Waals surface area contributed by atoms with Crippen LogP contribution in [0.1, 0.15) is 38.2 Å². The number of hydrogen-bond acceptors (Lipinski definition) is 2. The average Bonchev–Trinajstić information content (AvgIpc) is 2.75. The summed E-state index contributed by atoms with van der Waals surface area (Å²) in [6.45, 7) is 5.36. The second kappa shape index (κ2) is 7.78. The van der Waals surface area contributed by atoms with Crippen LogP contribution in [0.15, 0.2) is 29.3 Å². The molecule has 0 saturated carbocycles. The minimum atomic E-state index is 0.614. The Hall–Kier alpha value is -1.71. The Balaban J connectivity index is 1.94. The summed E-state index contributed by atoms with van der Waals surface area (Å²) in [7, 11) is 0. The highest BCUT2D eigenvalue weighted by molar-refractivity contribution is 5.78. The van der Waals surface area contributed by atoms with Crippen molar-refractivity contribution < 1.29 is 4.74 Å². The lowest BCUT2D eigenvalue weighted by Crippen LogP contribution is -2.38. The van der Waals surface area contributed by atoms with E-state index in [0.717, 1.165) is 24.4 Å². The molecule has 1 heterocycles. The number of likely N-dealkylation sites (tertiary alicyclic amines) is 1. The number of aliphatic imine (C=N–C) groups is 1. The molecule has 1 fully saturated rings. The molecule has 0 bridgehead atoms. The number of nitrogens with zero attached hydrogens (tertiary/aromatic N) is 2. The van der Waals surface area contributed by atoms with Crippen molar-refractivity contribution in [3.8, 4) is 5.75 Å². The van der Waals surface area contributed by atoms with Crippen molar-refractivity contribution in [1.82, 2.24) is 4.90 Å². The van der Waals surface area contributed by atoms with Crippen molar-refractivity contribution in [3.05, 3.63) is 29.8 Å². The molecule has 110 valence electrons. The zero-order chi connectivity index (χ0) is 14.2. The normalized spacial score (nSPS) is 16.9. The van der Waals surface area contributed by atoms with Gasteiger partial charge in [-0.3, -0.25) is 0 Å². The van der Waals surface area contributed by atoms with Crippen LogP contribution in [0.5, 0.6) is 5.75 Å². The first kappa shape index (κ1) is 14.7. The van der Waals surface area contributed by atoms with Crippen LogP contribution in [-0.2, 0) is 6.54 Å². The standard InChI is InChI=1S/C16H25N3O/c1-2-20-15-9-7-8-14(12-15)13-18-16(17)19-10-5-3-4-6-11-19/h7-9,12H,2-6,10-11,13H2,1H3,(H2,17,18). The van der Waals surface area contributed by atoms with Gasteiger partial charge in [0.1, 0.15) is 5.75 Å². The number of hydrogen-bond donors (Lipinski definition) is 1. The molecule has 0 radical (unpaired) electrons. The van der Waals surface area contributed by atoms with E-state index in [1.165, 1.54) is 25.7 Å². The predicted molar refractivity (Wildman–Crippen MR) is 83.0 cm³/mol. The molecule has 2 N–H and O–H groups in total. The fraction of sp³-hybridized carbons (Fsp3) is 0.562. The first-order valence-electron chi connectivity index (χ1n) is 7.56. The molecular weight excluding hydrogens is 250 g/mol. The maximum atomic E-state index is 6.11. The van der Waals surface area contributed by atoms with Gasteiger partial charge >= 0.3 is 0 Å². The molecule has 0 aromatic heterocycles. The van der Waals surface area contributed by atoms with Gasteiger partial charge in [-0.1, -0.05) is 25.0 Å². The van der Waals surface area contributed by atoms with Crippen LogP contribution in [0.25, 0.3) is 0 Å². The average molecular weight is 275 g/mol. The lowest BCUT2D eigenvalue weighted by Gasteiger charge is -2.21. The van der Waals surface area contributed by atoms with Crippen LogP contribution >= 0.6 is 0 Å². The SMILES string of the molecule is CCOc1cccc(CN=C(N)N2CCCCCC2)c1. The van der Waals surface area contributed by atoms with Crippen LogP contribution in [0, 0.1) is 0 Å². The van der Waals surface area contributed by atoms with Gasteiger partial charge in [0.25, 0.3) is 0 Å². The van der Waals surface area contributed by atoms with E-state index in [1.54, 1.807) is 0 Å². The molecule has 1 aromatic rings. The topological polar surface area (TPSA) is 50.9 Å². The Labute approximate surface area is 121 Å². The van der Waals surface area contributed by atoms with E-state index < -0.39 is 0 Å². The zero-order valence-electron chi connectivity index (χ0n) is 12.3. The van der Waals surface area contributed by atoms with Gasteiger partial charge in [0.05, 0.1) is 13.2 Å². The number of benzene rings is 1. The molecule has 1 aliphatic heterocycles. The molecule has 0 spiro atoms. The molecule has 20 heavy (non-hydrogen) atoms. The van der Waals surface area contributed by atoms with Crippen LogP contribution in [0.3, 0.4) is 0 Å². The number of guanidine groups is 1. The van der Waals surface area contributed by atoms with Gasteiger partial charge < -0.3 is 15.4 Å². The van der Waals surface area contributed by atoms with Crippen LogP contribution < -0.4 is 10.5 Å². The van der Waals surface area contributed by atoms with Gasteiger partial charge in [-0.25, -0.2) is 4.99 Å². The van der Waals surface area contributed by atoms with E-state index >= 15 is 0 Å². The molecule has 1 aliphatic rings. The maximum Gasteiger partial charge on any atom is 0.191 e. The molecule has 4 nitrogen and oxygen atoms in total. The van der Waals surface area contributed by atoms with Crippen LogP contribution in [0.4, 0.5) is 0 Å². The largest absolute Gasteiger partial charge is 0.494 e. The van der Waals surface area contributed by atoms with E-state index in [9.17, 15) is 0 Å². The van der Waals surface area contributed by atoms with Crippen molar-refractivity contribution in [1.29, 1.82) is 0 Å². The van der Waals surface area contributed by atoms with Crippen LogP contribution in [0.2, 0.25) is 0 Å². The fourth-order valence-electron chi connectivity index (χ4n) is 2.47. The first-order valence-corrected chi connectivity index (χ1v) is 7.56. The van der Waals surface area contributed by atoms with E-state index in [-0.39, 0.29) is 0 Å². The van der Waals surface area contributed by atoms with E-state index in [0.29, 0.717) is 19.1 Å². The molecule has 1 aromatic carbocycles. The number of nitrogens with two attached hydrogens (primary N) is 1. The quantitative estimate of drug-likeness (QED) is 0.679. The third-order valence-electron chi connectivity index (χ3n) is 3.56. The molecule has 0 atom stereocenters. The highest BCUT2D eigenvalue weighted by Gasteiger charge is 2.10. The maximum absolute atomic E-state index is 6.11. The van der Waals surface area contributed by atoms with E-state index in [1.807, 2.05) is 25.1 Å². The summed E-state index contributed by atoms with van der Waals surface area (Å²) < 4.78 is 5.50. The van der Waals surface area contributed by atoms with Gasteiger partial charge in [-0.2, -0.15) is 0 Å². The predicted octanol–water partition coefficient (Wildman–Crippen LogP) is 2.78. The number of rotatable bonds is 4. The summed E-state index contributed by atoms with van der Waals surface area (Å²) in [5.74, 6) is 1.57. The van der Waals surface area contributed by atoms with Crippen molar-refractivity contribution in [2.24, 2.45) is 10.7 Å². The zero-order valence-corrected chi connectivity index (χ0v) is 12.3. The first-order chi connectivity index (χ1) is 9.79. The molecule has 1 saturated heterocycles. The Morgan fingerprint density at radius 1 is 1.25 bits per heavy atom. The Kier molecular flexibility index (Phi) is 5.71. The number of ether oxygens (including phenoxy) is 1. The van der Waals surface area contributed by atoms with Gasteiger partial charge in [0, 0.05) is 13.1 Å². The third-order valence-corrected chi connectivity index (χ3v) is 3.56. The molecule has 2 rings (SSSR count). The molecule has 4 heteroatoms. The third kappa shape index (κ3) is 4.44.